The number of rotatable bonds is 8. The van der Waals surface area contributed by atoms with E-state index in [9.17, 15) is 8.42 Å². The first-order valence-electron chi connectivity index (χ1n) is 6.97. The quantitative estimate of drug-likeness (QED) is 0.742. The van der Waals surface area contributed by atoms with Crippen molar-refractivity contribution in [1.29, 1.82) is 0 Å². The number of nitrogens with zero attached hydrogens (tertiary/aromatic N) is 1. The number of sulfonamides is 1. The second-order valence-electron chi connectivity index (χ2n) is 5.13. The molecule has 20 heavy (non-hydrogen) atoms. The highest BCUT2D eigenvalue weighted by Gasteiger charge is 2.29. The number of ether oxygens (including phenoxy) is 1. The molecule has 1 aromatic carbocycles. The number of nitrogens with two attached hydrogens (primary N) is 1. The highest BCUT2D eigenvalue weighted by molar-refractivity contribution is 7.89. The monoisotopic (exact) mass is 298 g/mol. The van der Waals surface area contributed by atoms with Crippen LogP contribution in [-0.4, -0.2) is 38.2 Å². The molecule has 1 aromatic rings. The summed E-state index contributed by atoms with van der Waals surface area (Å²) in [6.45, 7) is 3.19. The third kappa shape index (κ3) is 4.38. The van der Waals surface area contributed by atoms with E-state index in [4.69, 9.17) is 10.5 Å². The van der Waals surface area contributed by atoms with E-state index in [1.54, 1.807) is 28.6 Å². The van der Waals surface area contributed by atoms with Crippen LogP contribution in [0.25, 0.3) is 0 Å². The molecule has 0 amide bonds. The lowest BCUT2D eigenvalue weighted by Gasteiger charge is -2.20. The Balaban J connectivity index is 1.84. The molecule has 1 aliphatic carbocycles. The molecule has 1 fully saturated rings. The molecule has 0 unspecified atom stereocenters. The average Bonchev–Trinajstić information content (AvgIpc) is 3.19. The number of nitrogen functional groups attached to an aromatic ring is 1. The second kappa shape index (κ2) is 6.45. The van der Waals surface area contributed by atoms with Crippen LogP contribution in [0.4, 0.5) is 5.69 Å². The first kappa shape index (κ1) is 15.1. The van der Waals surface area contributed by atoms with E-state index in [2.05, 4.69) is 0 Å². The number of anilines is 1. The molecule has 0 aliphatic heterocycles. The van der Waals surface area contributed by atoms with Gasteiger partial charge in [-0.15, -0.1) is 0 Å². The lowest BCUT2D eigenvalue weighted by atomic mass is 10.3. The van der Waals surface area contributed by atoms with Gasteiger partial charge in [0.05, 0.1) is 5.75 Å². The molecule has 1 aliphatic rings. The Hall–Kier alpha value is -1.27. The minimum atomic E-state index is -3.23. The summed E-state index contributed by atoms with van der Waals surface area (Å²) in [7, 11) is -3.23. The fourth-order valence-electron chi connectivity index (χ4n) is 2.03. The predicted molar refractivity (Wildman–Crippen MR) is 80.1 cm³/mol. The van der Waals surface area contributed by atoms with E-state index >= 15 is 0 Å². The molecule has 0 spiro atoms. The Morgan fingerprint density at radius 2 is 2.15 bits per heavy atom. The molecule has 0 radical (unpaired) electrons. The van der Waals surface area contributed by atoms with E-state index < -0.39 is 10.0 Å². The van der Waals surface area contributed by atoms with Crippen LogP contribution in [-0.2, 0) is 10.0 Å². The highest BCUT2D eigenvalue weighted by Crippen LogP contribution is 2.30. The zero-order valence-electron chi connectivity index (χ0n) is 11.8. The van der Waals surface area contributed by atoms with Gasteiger partial charge in [-0.1, -0.05) is 13.0 Å². The summed E-state index contributed by atoms with van der Waals surface area (Å²) in [5, 5.41) is 0. The number of hydrogen-bond donors (Lipinski definition) is 1. The zero-order valence-corrected chi connectivity index (χ0v) is 12.6. The molecule has 5 nitrogen and oxygen atoms in total. The van der Waals surface area contributed by atoms with E-state index in [0.717, 1.165) is 12.8 Å². The molecule has 0 atom stereocenters. The van der Waals surface area contributed by atoms with Crippen molar-refractivity contribution in [3.05, 3.63) is 24.3 Å². The van der Waals surface area contributed by atoms with Gasteiger partial charge in [-0.2, -0.15) is 0 Å². The van der Waals surface area contributed by atoms with Crippen molar-refractivity contribution in [2.24, 2.45) is 5.92 Å². The summed E-state index contributed by atoms with van der Waals surface area (Å²) in [5.41, 5.74) is 6.25. The zero-order chi connectivity index (χ0) is 14.6. The first-order valence-corrected chi connectivity index (χ1v) is 8.58. The van der Waals surface area contributed by atoms with Crippen LogP contribution in [0.3, 0.4) is 0 Å². The SMILES string of the molecule is CCN(CC1CC1)S(=O)(=O)CCOc1cccc(N)c1. The van der Waals surface area contributed by atoms with Gasteiger partial charge in [0.15, 0.2) is 0 Å². The van der Waals surface area contributed by atoms with E-state index in [0.29, 0.717) is 30.4 Å². The molecule has 0 heterocycles. The molecule has 6 heteroatoms. The molecule has 0 saturated heterocycles. The van der Waals surface area contributed by atoms with Gasteiger partial charge in [-0.05, 0) is 30.9 Å². The van der Waals surface area contributed by atoms with Crippen LogP contribution < -0.4 is 10.5 Å². The van der Waals surface area contributed by atoms with Crippen LogP contribution in [0.1, 0.15) is 19.8 Å². The van der Waals surface area contributed by atoms with E-state index in [1.165, 1.54) is 0 Å². The average molecular weight is 298 g/mol. The van der Waals surface area contributed by atoms with Crippen LogP contribution in [0.2, 0.25) is 0 Å². The molecule has 1 saturated carbocycles. The highest BCUT2D eigenvalue weighted by atomic mass is 32.2. The van der Waals surface area contributed by atoms with Gasteiger partial charge < -0.3 is 10.5 Å². The molecular weight excluding hydrogens is 276 g/mol. The lowest BCUT2D eigenvalue weighted by molar-refractivity contribution is 0.334. The molecule has 2 rings (SSSR count). The third-order valence-corrected chi connectivity index (χ3v) is 5.25. The maximum Gasteiger partial charge on any atom is 0.217 e. The fraction of sp³-hybridized carbons (Fsp3) is 0.571. The normalized spacial score (nSPS) is 15.5. The van der Waals surface area contributed by atoms with Crippen molar-refractivity contribution in [1.82, 2.24) is 4.31 Å². The maximum atomic E-state index is 12.2. The Labute approximate surface area is 120 Å². The Kier molecular flexibility index (Phi) is 4.88. The maximum absolute atomic E-state index is 12.2. The Morgan fingerprint density at radius 1 is 1.40 bits per heavy atom. The standard InChI is InChI=1S/C14H22N2O3S/c1-2-16(11-12-6-7-12)20(17,18)9-8-19-14-5-3-4-13(15)10-14/h3-5,10,12H,2,6-9,11,15H2,1H3. The fourth-order valence-corrected chi connectivity index (χ4v) is 3.41. The Morgan fingerprint density at radius 3 is 2.75 bits per heavy atom. The molecule has 0 aromatic heterocycles. The summed E-state index contributed by atoms with van der Waals surface area (Å²) >= 11 is 0. The van der Waals surface area contributed by atoms with Crippen molar-refractivity contribution >= 4 is 15.7 Å². The van der Waals surface area contributed by atoms with Gasteiger partial charge >= 0.3 is 0 Å². The summed E-state index contributed by atoms with van der Waals surface area (Å²) < 4.78 is 31.4. The first-order chi connectivity index (χ1) is 9.51. The van der Waals surface area contributed by atoms with Crippen molar-refractivity contribution in [2.75, 3.05) is 31.2 Å². The summed E-state index contributed by atoms with van der Waals surface area (Å²) in [6.07, 6.45) is 2.29. The minimum Gasteiger partial charge on any atom is -0.492 e. The van der Waals surface area contributed by atoms with Gasteiger partial charge in [-0.25, -0.2) is 12.7 Å². The van der Waals surface area contributed by atoms with Crippen LogP contribution in [0.15, 0.2) is 24.3 Å². The van der Waals surface area contributed by atoms with Gasteiger partial charge in [0.2, 0.25) is 10.0 Å². The van der Waals surface area contributed by atoms with E-state index in [-0.39, 0.29) is 12.4 Å². The molecule has 112 valence electrons. The van der Waals surface area contributed by atoms with Gasteiger partial charge in [0.25, 0.3) is 0 Å². The van der Waals surface area contributed by atoms with Crippen LogP contribution in [0, 0.1) is 5.92 Å². The lowest BCUT2D eigenvalue weighted by Crippen LogP contribution is -2.36. The Bertz CT molecular complexity index is 541. The smallest absolute Gasteiger partial charge is 0.217 e. The van der Waals surface area contributed by atoms with Gasteiger partial charge in [0.1, 0.15) is 12.4 Å². The van der Waals surface area contributed by atoms with Gasteiger partial charge in [0, 0.05) is 24.8 Å². The third-order valence-electron chi connectivity index (χ3n) is 3.37. The molecular formula is C14H22N2O3S. The number of benzene rings is 1. The van der Waals surface area contributed by atoms with Crippen molar-refractivity contribution in [3.63, 3.8) is 0 Å². The predicted octanol–water partition coefficient (Wildman–Crippen LogP) is 1.71. The minimum absolute atomic E-state index is 0.00234. The van der Waals surface area contributed by atoms with E-state index in [1.807, 2.05) is 6.92 Å². The van der Waals surface area contributed by atoms with Crippen molar-refractivity contribution in [2.45, 2.75) is 19.8 Å². The van der Waals surface area contributed by atoms with Crippen molar-refractivity contribution in [3.8, 4) is 5.75 Å². The topological polar surface area (TPSA) is 72.6 Å². The van der Waals surface area contributed by atoms with Crippen LogP contribution >= 0.6 is 0 Å². The van der Waals surface area contributed by atoms with Gasteiger partial charge in [-0.3, -0.25) is 0 Å². The van der Waals surface area contributed by atoms with Crippen molar-refractivity contribution < 1.29 is 13.2 Å². The largest absolute Gasteiger partial charge is 0.492 e. The summed E-state index contributed by atoms with van der Waals surface area (Å²) in [4.78, 5) is 0. The summed E-state index contributed by atoms with van der Waals surface area (Å²) in [6, 6.07) is 7.00. The van der Waals surface area contributed by atoms with Crippen LogP contribution in [0.5, 0.6) is 5.75 Å². The summed E-state index contributed by atoms with van der Waals surface area (Å²) in [5.74, 6) is 1.16. The molecule has 0 bridgehead atoms. The second-order valence-corrected chi connectivity index (χ2v) is 7.22. The molecule has 2 N–H and O–H groups in total. The number of hydrogen-bond acceptors (Lipinski definition) is 4.